The number of methoxy groups -OCH3 is 1. The van der Waals surface area contributed by atoms with Gasteiger partial charge in [0.25, 0.3) is 0 Å². The number of benzene rings is 2. The van der Waals surface area contributed by atoms with Crippen LogP contribution in [0.2, 0.25) is 0 Å². The lowest BCUT2D eigenvalue weighted by molar-refractivity contribution is 0.0586. The van der Waals surface area contributed by atoms with Gasteiger partial charge in [0.05, 0.1) is 42.5 Å². The maximum absolute atomic E-state index is 11.7. The van der Waals surface area contributed by atoms with Crippen LogP contribution in [0, 0.1) is 0 Å². The Morgan fingerprint density at radius 3 is 1.56 bits per heavy atom. The topological polar surface area (TPSA) is 114 Å². The average molecular weight is 497 g/mol. The molecule has 0 spiro atoms. The molecule has 0 saturated carbocycles. The summed E-state index contributed by atoms with van der Waals surface area (Å²) in [7, 11) is 1.37. The predicted molar refractivity (Wildman–Crippen MR) is 142 cm³/mol. The highest BCUT2D eigenvalue weighted by Crippen LogP contribution is 2.24. The van der Waals surface area contributed by atoms with E-state index in [1.54, 1.807) is 50.7 Å². The molecule has 8 nitrogen and oxygen atoms in total. The molecule has 0 amide bonds. The number of hydrogen-bond acceptors (Lipinski definition) is 5. The normalized spacial score (nSPS) is 11.5. The molecule has 0 radical (unpaired) electrons. The standard InChI is InChI=1S/C14H17NO3.C13H15NO3.CH4/c1-14(2,17)9-15-8-11(13(16)18-3)10-6-4-5-7-12(10)15;1-13(2,17)8-14-7-10(12(15)16)9-5-3-4-6-11(9)14;/h4-8,17H,9H2,1-3H3;3-7,17H,8H2,1-2H3,(H,15,16);1H4. The van der Waals surface area contributed by atoms with Crippen molar-refractivity contribution in [2.24, 2.45) is 0 Å². The first-order chi connectivity index (χ1) is 16.3. The SMILES string of the molecule is C.CC(C)(O)Cn1cc(C(=O)O)c2ccccc21.COC(=O)c1cn(CC(C)(C)O)c2ccccc12. The molecule has 0 fully saturated rings. The summed E-state index contributed by atoms with van der Waals surface area (Å²) in [6, 6.07) is 14.9. The fraction of sp³-hybridized carbons (Fsp3) is 0.357. The van der Waals surface area contributed by atoms with Crippen molar-refractivity contribution in [3.8, 4) is 0 Å². The molecule has 4 aromatic rings. The van der Waals surface area contributed by atoms with Gasteiger partial charge in [-0.25, -0.2) is 9.59 Å². The molecule has 4 rings (SSSR count). The third-order valence-electron chi connectivity index (χ3n) is 5.33. The molecule has 0 aliphatic rings. The number of nitrogens with zero attached hydrogens (tertiary/aromatic N) is 2. The molecule has 2 aromatic carbocycles. The zero-order valence-corrected chi connectivity index (χ0v) is 20.6. The van der Waals surface area contributed by atoms with Gasteiger partial charge in [-0.1, -0.05) is 43.8 Å². The van der Waals surface area contributed by atoms with E-state index >= 15 is 0 Å². The van der Waals surface area contributed by atoms with Gasteiger partial charge in [0, 0.05) is 34.2 Å². The molecule has 0 aliphatic carbocycles. The summed E-state index contributed by atoms with van der Waals surface area (Å²) in [5, 5.41) is 30.4. The Kier molecular flexibility index (Phi) is 8.72. The summed E-state index contributed by atoms with van der Waals surface area (Å²) < 4.78 is 8.43. The highest BCUT2D eigenvalue weighted by atomic mass is 16.5. The number of rotatable bonds is 6. The van der Waals surface area contributed by atoms with Crippen LogP contribution >= 0.6 is 0 Å². The fourth-order valence-electron chi connectivity index (χ4n) is 4.03. The Labute approximate surface area is 211 Å². The lowest BCUT2D eigenvalue weighted by Gasteiger charge is -2.18. The first-order valence-electron chi connectivity index (χ1n) is 11.2. The van der Waals surface area contributed by atoms with Crippen LogP contribution in [0.4, 0.5) is 0 Å². The van der Waals surface area contributed by atoms with E-state index in [1.165, 1.54) is 7.11 Å². The molecule has 0 aliphatic heterocycles. The summed E-state index contributed by atoms with van der Waals surface area (Å²) in [6.45, 7) is 7.65. The van der Waals surface area contributed by atoms with E-state index in [0.29, 0.717) is 24.0 Å². The van der Waals surface area contributed by atoms with Gasteiger partial charge < -0.3 is 29.2 Å². The Morgan fingerprint density at radius 1 is 0.778 bits per heavy atom. The number of para-hydroxylation sites is 2. The summed E-state index contributed by atoms with van der Waals surface area (Å²) in [5.41, 5.74) is 0.821. The van der Waals surface area contributed by atoms with E-state index < -0.39 is 17.2 Å². The molecular formula is C28H36N2O6. The molecule has 2 heterocycles. The van der Waals surface area contributed by atoms with Crippen LogP contribution in [-0.2, 0) is 17.8 Å². The van der Waals surface area contributed by atoms with E-state index in [4.69, 9.17) is 9.84 Å². The molecule has 0 atom stereocenters. The van der Waals surface area contributed by atoms with Crippen molar-refractivity contribution in [2.75, 3.05) is 7.11 Å². The van der Waals surface area contributed by atoms with E-state index in [-0.39, 0.29) is 19.0 Å². The van der Waals surface area contributed by atoms with Crippen LogP contribution in [0.25, 0.3) is 21.8 Å². The number of carboxylic acids is 1. The first-order valence-corrected chi connectivity index (χ1v) is 11.2. The lowest BCUT2D eigenvalue weighted by Crippen LogP contribution is -2.25. The van der Waals surface area contributed by atoms with Gasteiger partial charge in [-0.05, 0) is 39.8 Å². The Hall–Kier alpha value is -3.62. The van der Waals surface area contributed by atoms with Crippen molar-refractivity contribution in [3.05, 3.63) is 72.1 Å². The zero-order valence-electron chi connectivity index (χ0n) is 20.6. The quantitative estimate of drug-likeness (QED) is 0.326. The monoisotopic (exact) mass is 496 g/mol. The molecule has 0 unspecified atom stereocenters. The molecule has 194 valence electrons. The van der Waals surface area contributed by atoms with Crippen LogP contribution in [0.1, 0.15) is 55.8 Å². The third kappa shape index (κ3) is 6.74. The second-order valence-electron chi connectivity index (χ2n) is 9.80. The number of aromatic carboxylic acids is 1. The number of hydrogen-bond donors (Lipinski definition) is 3. The number of aromatic nitrogens is 2. The van der Waals surface area contributed by atoms with Gasteiger partial charge >= 0.3 is 11.9 Å². The summed E-state index contributed by atoms with van der Waals surface area (Å²) in [6.07, 6.45) is 3.30. The van der Waals surface area contributed by atoms with Crippen LogP contribution < -0.4 is 0 Å². The fourth-order valence-corrected chi connectivity index (χ4v) is 4.03. The van der Waals surface area contributed by atoms with Crippen molar-refractivity contribution in [1.82, 2.24) is 9.13 Å². The largest absolute Gasteiger partial charge is 0.478 e. The Balaban J connectivity index is 0.000000247. The Morgan fingerprint density at radius 2 is 1.17 bits per heavy atom. The van der Waals surface area contributed by atoms with Crippen LogP contribution in [0.15, 0.2) is 60.9 Å². The van der Waals surface area contributed by atoms with E-state index in [2.05, 4.69) is 0 Å². The second-order valence-corrected chi connectivity index (χ2v) is 9.80. The molecule has 8 heteroatoms. The van der Waals surface area contributed by atoms with E-state index in [9.17, 15) is 19.8 Å². The third-order valence-corrected chi connectivity index (χ3v) is 5.33. The first kappa shape index (κ1) is 28.6. The minimum atomic E-state index is -0.948. The number of carbonyl (C=O) groups excluding carboxylic acids is 1. The van der Waals surface area contributed by atoms with Gasteiger partial charge in [0.15, 0.2) is 0 Å². The van der Waals surface area contributed by atoms with Crippen molar-refractivity contribution >= 4 is 33.7 Å². The smallest absolute Gasteiger partial charge is 0.340 e. The minimum Gasteiger partial charge on any atom is -0.478 e. The van der Waals surface area contributed by atoms with Crippen LogP contribution in [-0.4, -0.2) is 54.7 Å². The summed E-state index contributed by atoms with van der Waals surface area (Å²) >= 11 is 0. The average Bonchev–Trinajstić information content (AvgIpc) is 3.31. The number of carbonyl (C=O) groups is 2. The van der Waals surface area contributed by atoms with Gasteiger partial charge in [-0.3, -0.25) is 0 Å². The maximum atomic E-state index is 11.7. The molecule has 2 aromatic heterocycles. The van der Waals surface area contributed by atoms with Crippen molar-refractivity contribution in [3.63, 3.8) is 0 Å². The molecule has 36 heavy (non-hydrogen) atoms. The number of fused-ring (bicyclic) bond motifs is 2. The number of aliphatic hydroxyl groups is 2. The van der Waals surface area contributed by atoms with Crippen LogP contribution in [0.5, 0.6) is 0 Å². The predicted octanol–water partition coefficient (Wildman–Crippen LogP) is 4.95. The van der Waals surface area contributed by atoms with Crippen molar-refractivity contribution in [2.45, 2.75) is 59.4 Å². The number of esters is 1. The molecule has 3 N–H and O–H groups in total. The van der Waals surface area contributed by atoms with Gasteiger partial charge in [-0.15, -0.1) is 0 Å². The maximum Gasteiger partial charge on any atom is 0.340 e. The van der Waals surface area contributed by atoms with Gasteiger partial charge in [0.2, 0.25) is 0 Å². The van der Waals surface area contributed by atoms with Crippen LogP contribution in [0.3, 0.4) is 0 Å². The van der Waals surface area contributed by atoms with Crippen molar-refractivity contribution < 1.29 is 29.6 Å². The second kappa shape index (κ2) is 11.0. The van der Waals surface area contributed by atoms with Crippen molar-refractivity contribution in [1.29, 1.82) is 0 Å². The molecule has 0 bridgehead atoms. The summed E-state index contributed by atoms with van der Waals surface area (Å²) in [5.74, 6) is -1.31. The molecule has 0 saturated heterocycles. The highest BCUT2D eigenvalue weighted by molar-refractivity contribution is 6.04. The van der Waals surface area contributed by atoms with Gasteiger partial charge in [0.1, 0.15) is 0 Å². The Bertz CT molecular complexity index is 1350. The minimum absolute atomic E-state index is 0. The highest BCUT2D eigenvalue weighted by Gasteiger charge is 2.20. The zero-order chi connectivity index (χ0) is 26.0. The lowest BCUT2D eigenvalue weighted by atomic mass is 10.1. The van der Waals surface area contributed by atoms with Gasteiger partial charge in [-0.2, -0.15) is 0 Å². The van der Waals surface area contributed by atoms with E-state index in [0.717, 1.165) is 16.4 Å². The summed E-state index contributed by atoms with van der Waals surface area (Å²) in [4.78, 5) is 22.8. The number of ether oxygens (including phenoxy) is 1. The number of carboxylic acid groups (broad SMARTS) is 1. The molecular weight excluding hydrogens is 460 g/mol. The van der Waals surface area contributed by atoms with E-state index in [1.807, 2.05) is 47.0 Å².